The average molecular weight is 409 g/mol. The predicted molar refractivity (Wildman–Crippen MR) is 111 cm³/mol. The molecule has 2 N–H and O–H groups in total. The highest BCUT2D eigenvalue weighted by atomic mass is 35.5. The predicted octanol–water partition coefficient (Wildman–Crippen LogP) is 2.54. The number of likely N-dealkylation sites (N-methyl/N-ethyl adjacent to an activating group) is 1. The van der Waals surface area contributed by atoms with Gasteiger partial charge in [-0.25, -0.2) is 4.39 Å². The minimum atomic E-state index is -0.322. The molecule has 1 amide bonds. The molecule has 1 aliphatic rings. The molecular formula is C18H31Cl2FN4O. The molecule has 8 heteroatoms. The van der Waals surface area contributed by atoms with Crippen molar-refractivity contribution in [3.05, 3.63) is 29.6 Å². The number of rotatable bonds is 8. The summed E-state index contributed by atoms with van der Waals surface area (Å²) in [5, 5.41) is 6.02. The van der Waals surface area contributed by atoms with Crippen LogP contribution in [0.15, 0.2) is 18.2 Å². The Morgan fingerprint density at radius 3 is 2.35 bits per heavy atom. The van der Waals surface area contributed by atoms with Crippen molar-refractivity contribution in [3.8, 4) is 0 Å². The van der Waals surface area contributed by atoms with Crippen molar-refractivity contribution in [2.24, 2.45) is 0 Å². The van der Waals surface area contributed by atoms with Crippen LogP contribution in [0.2, 0.25) is 0 Å². The van der Waals surface area contributed by atoms with E-state index < -0.39 is 0 Å². The smallest absolute Gasteiger partial charge is 0.251 e. The lowest BCUT2D eigenvalue weighted by Gasteiger charge is -2.35. The summed E-state index contributed by atoms with van der Waals surface area (Å²) in [5.41, 5.74) is 0.964. The number of benzene rings is 1. The van der Waals surface area contributed by atoms with E-state index in [1.165, 1.54) is 6.07 Å². The van der Waals surface area contributed by atoms with Crippen LogP contribution in [0.3, 0.4) is 0 Å². The van der Waals surface area contributed by atoms with E-state index in [0.717, 1.165) is 52.2 Å². The first-order valence-corrected chi connectivity index (χ1v) is 8.91. The first-order chi connectivity index (χ1) is 11.7. The summed E-state index contributed by atoms with van der Waals surface area (Å²) in [6, 6.07) is 4.77. The van der Waals surface area contributed by atoms with Gasteiger partial charge >= 0.3 is 0 Å². The lowest BCUT2D eigenvalue weighted by atomic mass is 10.1. The van der Waals surface area contributed by atoms with E-state index in [1.54, 1.807) is 12.1 Å². The third kappa shape index (κ3) is 7.27. The maximum Gasteiger partial charge on any atom is 0.251 e. The Labute approximate surface area is 168 Å². The van der Waals surface area contributed by atoms with E-state index >= 15 is 0 Å². The summed E-state index contributed by atoms with van der Waals surface area (Å²) in [4.78, 5) is 16.5. The van der Waals surface area contributed by atoms with E-state index in [4.69, 9.17) is 0 Å². The highest BCUT2D eigenvalue weighted by Gasteiger charge is 2.19. The maximum atomic E-state index is 14.4. The van der Waals surface area contributed by atoms with Crippen LogP contribution in [-0.4, -0.2) is 63.2 Å². The Morgan fingerprint density at radius 1 is 1.08 bits per heavy atom. The fraction of sp³-hybridized carbons (Fsp3) is 0.611. The van der Waals surface area contributed by atoms with Gasteiger partial charge in [0.1, 0.15) is 5.82 Å². The summed E-state index contributed by atoms with van der Waals surface area (Å²) in [5.74, 6) is -0.550. The molecule has 1 heterocycles. The number of nitrogens with one attached hydrogen (secondary N) is 2. The van der Waals surface area contributed by atoms with Gasteiger partial charge in [0.15, 0.2) is 0 Å². The van der Waals surface area contributed by atoms with E-state index in [0.29, 0.717) is 17.8 Å². The van der Waals surface area contributed by atoms with Gasteiger partial charge in [0.25, 0.3) is 5.91 Å². The molecular weight excluding hydrogens is 378 g/mol. The van der Waals surface area contributed by atoms with Crippen LogP contribution in [0.1, 0.15) is 30.6 Å². The lowest BCUT2D eigenvalue weighted by molar-refractivity contribution is 0.0953. The minimum absolute atomic E-state index is 0. The monoisotopic (exact) mass is 408 g/mol. The summed E-state index contributed by atoms with van der Waals surface area (Å²) in [6.07, 6.45) is 1.06. The van der Waals surface area contributed by atoms with Gasteiger partial charge in [-0.15, -0.1) is 24.8 Å². The lowest BCUT2D eigenvalue weighted by Crippen LogP contribution is -2.46. The molecule has 1 aromatic rings. The number of amides is 1. The number of hydrogen-bond donors (Lipinski definition) is 2. The molecule has 0 aromatic heterocycles. The van der Waals surface area contributed by atoms with Crippen molar-refractivity contribution in [1.82, 2.24) is 15.5 Å². The van der Waals surface area contributed by atoms with Crippen LogP contribution in [0.25, 0.3) is 0 Å². The van der Waals surface area contributed by atoms with E-state index in [2.05, 4.69) is 34.3 Å². The van der Waals surface area contributed by atoms with Crippen molar-refractivity contribution < 1.29 is 9.18 Å². The first-order valence-electron chi connectivity index (χ1n) is 8.91. The molecule has 1 saturated heterocycles. The molecule has 1 fully saturated rings. The zero-order valence-corrected chi connectivity index (χ0v) is 17.2. The van der Waals surface area contributed by atoms with Gasteiger partial charge < -0.3 is 20.4 Å². The number of hydrogen-bond acceptors (Lipinski definition) is 4. The number of carbonyl (C=O) groups is 1. The Morgan fingerprint density at radius 2 is 1.77 bits per heavy atom. The van der Waals surface area contributed by atoms with Gasteiger partial charge in [-0.2, -0.15) is 0 Å². The van der Waals surface area contributed by atoms with Gasteiger partial charge in [-0.1, -0.05) is 13.8 Å². The molecule has 0 unspecified atom stereocenters. The number of carbonyl (C=O) groups excluding carboxylic acids is 1. The highest BCUT2D eigenvalue weighted by Crippen LogP contribution is 2.22. The number of piperazine rings is 1. The zero-order chi connectivity index (χ0) is 17.4. The van der Waals surface area contributed by atoms with Crippen molar-refractivity contribution in [2.45, 2.75) is 20.3 Å². The zero-order valence-electron chi connectivity index (χ0n) is 15.6. The first kappa shape index (κ1) is 24.9. The van der Waals surface area contributed by atoms with Crippen LogP contribution in [0.4, 0.5) is 10.1 Å². The normalized spacial score (nSPS) is 14.3. The van der Waals surface area contributed by atoms with E-state index in [-0.39, 0.29) is 36.5 Å². The second-order valence-corrected chi connectivity index (χ2v) is 6.09. The van der Waals surface area contributed by atoms with Crippen molar-refractivity contribution in [2.75, 3.05) is 57.3 Å². The third-order valence-corrected chi connectivity index (χ3v) is 4.38. The van der Waals surface area contributed by atoms with Crippen molar-refractivity contribution in [1.29, 1.82) is 0 Å². The average Bonchev–Trinajstić information content (AvgIpc) is 2.61. The largest absolute Gasteiger partial charge is 0.367 e. The van der Waals surface area contributed by atoms with Gasteiger partial charge in [-0.3, -0.25) is 4.79 Å². The molecule has 5 nitrogen and oxygen atoms in total. The van der Waals surface area contributed by atoms with Gasteiger partial charge in [0, 0.05) is 44.8 Å². The molecule has 2 rings (SSSR count). The Bertz CT molecular complexity index is 540. The van der Waals surface area contributed by atoms with Crippen LogP contribution in [0.5, 0.6) is 0 Å². The Hall–Kier alpha value is -1.08. The SMILES string of the molecule is CCCNCCNC(=O)c1ccc(N2CCN(CC)CC2)c(F)c1.Cl.Cl. The molecule has 1 aliphatic heterocycles. The van der Waals surface area contributed by atoms with E-state index in [9.17, 15) is 9.18 Å². The molecule has 0 aliphatic carbocycles. The summed E-state index contributed by atoms with van der Waals surface area (Å²) in [7, 11) is 0. The van der Waals surface area contributed by atoms with Crippen LogP contribution in [0, 0.1) is 5.82 Å². The van der Waals surface area contributed by atoms with Gasteiger partial charge in [0.2, 0.25) is 0 Å². The van der Waals surface area contributed by atoms with Gasteiger partial charge in [-0.05, 0) is 37.7 Å². The summed E-state index contributed by atoms with van der Waals surface area (Å²) < 4.78 is 14.4. The fourth-order valence-corrected chi connectivity index (χ4v) is 2.88. The van der Waals surface area contributed by atoms with Crippen molar-refractivity contribution in [3.63, 3.8) is 0 Å². The molecule has 1 aromatic carbocycles. The number of anilines is 1. The summed E-state index contributed by atoms with van der Waals surface area (Å²) in [6.45, 7) is 11.0. The van der Waals surface area contributed by atoms with E-state index in [1.807, 2.05) is 0 Å². The summed E-state index contributed by atoms with van der Waals surface area (Å²) >= 11 is 0. The third-order valence-electron chi connectivity index (χ3n) is 4.38. The van der Waals surface area contributed by atoms with Crippen molar-refractivity contribution >= 4 is 36.4 Å². The second kappa shape index (κ2) is 13.1. The fourth-order valence-electron chi connectivity index (χ4n) is 2.88. The number of halogens is 3. The Balaban J connectivity index is 0.00000312. The Kier molecular flexibility index (Phi) is 12.6. The van der Waals surface area contributed by atoms with Gasteiger partial charge in [0.05, 0.1) is 5.69 Å². The molecule has 0 saturated carbocycles. The van der Waals surface area contributed by atoms with Crippen LogP contribution < -0.4 is 15.5 Å². The second-order valence-electron chi connectivity index (χ2n) is 6.09. The molecule has 0 spiro atoms. The van der Waals surface area contributed by atoms with Crippen LogP contribution >= 0.6 is 24.8 Å². The quantitative estimate of drug-likeness (QED) is 0.648. The topological polar surface area (TPSA) is 47.6 Å². The number of nitrogens with zero attached hydrogens (tertiary/aromatic N) is 2. The standard InChI is InChI=1S/C18H29FN4O.2ClH/c1-3-7-20-8-9-21-18(24)15-5-6-17(16(19)14-15)23-12-10-22(4-2)11-13-23;;/h5-6,14,20H,3-4,7-13H2,1-2H3,(H,21,24);2*1H. The molecule has 0 bridgehead atoms. The van der Waals surface area contributed by atoms with Crippen LogP contribution in [-0.2, 0) is 0 Å². The molecule has 26 heavy (non-hydrogen) atoms. The molecule has 150 valence electrons. The highest BCUT2D eigenvalue weighted by molar-refractivity contribution is 5.94. The molecule has 0 atom stereocenters. The minimum Gasteiger partial charge on any atom is -0.367 e. The maximum absolute atomic E-state index is 14.4. The molecule has 0 radical (unpaired) electrons.